The first-order valence-corrected chi connectivity index (χ1v) is 6.11. The maximum absolute atomic E-state index is 9.84. The van der Waals surface area contributed by atoms with E-state index in [1.165, 1.54) is 19.3 Å². The smallest absolute Gasteiger partial charge is 0.126 e. The van der Waals surface area contributed by atoms with Gasteiger partial charge in [0.15, 0.2) is 0 Å². The summed E-state index contributed by atoms with van der Waals surface area (Å²) in [6, 6.07) is 3.78. The van der Waals surface area contributed by atoms with Gasteiger partial charge in [0.05, 0.1) is 6.10 Å². The van der Waals surface area contributed by atoms with E-state index in [0.717, 1.165) is 18.4 Å². The SMILES string of the molecule is CCCCCCC(O)Cc1cccnc1N. The van der Waals surface area contributed by atoms with E-state index in [2.05, 4.69) is 11.9 Å². The molecule has 1 atom stereocenters. The lowest BCUT2D eigenvalue weighted by molar-refractivity contribution is 0.161. The van der Waals surface area contributed by atoms with Crippen LogP contribution in [0.25, 0.3) is 0 Å². The first-order chi connectivity index (χ1) is 7.74. The number of hydrogen-bond donors (Lipinski definition) is 2. The van der Waals surface area contributed by atoms with E-state index in [0.29, 0.717) is 12.2 Å². The molecule has 3 N–H and O–H groups in total. The first-order valence-electron chi connectivity index (χ1n) is 6.11. The lowest BCUT2D eigenvalue weighted by atomic mass is 10.0. The van der Waals surface area contributed by atoms with Gasteiger partial charge in [-0.3, -0.25) is 0 Å². The van der Waals surface area contributed by atoms with E-state index in [4.69, 9.17) is 5.73 Å². The van der Waals surface area contributed by atoms with Crippen LogP contribution in [0, 0.1) is 0 Å². The van der Waals surface area contributed by atoms with Gasteiger partial charge in [-0.05, 0) is 18.1 Å². The molecule has 3 heteroatoms. The zero-order valence-corrected chi connectivity index (χ0v) is 10.0. The van der Waals surface area contributed by atoms with E-state index in [9.17, 15) is 5.11 Å². The third kappa shape index (κ3) is 4.62. The van der Waals surface area contributed by atoms with Gasteiger partial charge in [0, 0.05) is 12.6 Å². The maximum Gasteiger partial charge on any atom is 0.126 e. The van der Waals surface area contributed by atoms with Gasteiger partial charge >= 0.3 is 0 Å². The number of nitrogen functional groups attached to an aromatic ring is 1. The number of anilines is 1. The van der Waals surface area contributed by atoms with Gasteiger partial charge in [0.25, 0.3) is 0 Å². The van der Waals surface area contributed by atoms with Crippen LogP contribution in [0.1, 0.15) is 44.6 Å². The Bertz CT molecular complexity index is 302. The molecule has 0 saturated carbocycles. The quantitative estimate of drug-likeness (QED) is 0.697. The number of rotatable bonds is 7. The molecule has 1 rings (SSSR count). The Balaban J connectivity index is 2.28. The molecule has 16 heavy (non-hydrogen) atoms. The molecule has 0 bridgehead atoms. The minimum Gasteiger partial charge on any atom is -0.393 e. The van der Waals surface area contributed by atoms with Crippen LogP contribution in [0.2, 0.25) is 0 Å². The molecule has 0 saturated heterocycles. The predicted molar refractivity (Wildman–Crippen MR) is 67.1 cm³/mol. The summed E-state index contributed by atoms with van der Waals surface area (Å²) >= 11 is 0. The second-order valence-electron chi connectivity index (χ2n) is 4.26. The van der Waals surface area contributed by atoms with Gasteiger partial charge in [-0.1, -0.05) is 38.7 Å². The Morgan fingerprint density at radius 3 is 2.88 bits per heavy atom. The molecule has 1 aromatic heterocycles. The Morgan fingerprint density at radius 2 is 2.19 bits per heavy atom. The summed E-state index contributed by atoms with van der Waals surface area (Å²) in [5, 5.41) is 9.84. The van der Waals surface area contributed by atoms with Crippen LogP contribution in [-0.4, -0.2) is 16.2 Å². The van der Waals surface area contributed by atoms with Gasteiger partial charge in [-0.2, -0.15) is 0 Å². The normalized spacial score (nSPS) is 12.6. The molecule has 0 amide bonds. The molecular formula is C13H22N2O. The highest BCUT2D eigenvalue weighted by atomic mass is 16.3. The number of nitrogens with zero attached hydrogens (tertiary/aromatic N) is 1. The highest BCUT2D eigenvalue weighted by Gasteiger charge is 2.07. The highest BCUT2D eigenvalue weighted by molar-refractivity contribution is 5.38. The van der Waals surface area contributed by atoms with Crippen molar-refractivity contribution < 1.29 is 5.11 Å². The average molecular weight is 222 g/mol. The van der Waals surface area contributed by atoms with Crippen molar-refractivity contribution in [1.82, 2.24) is 4.98 Å². The Morgan fingerprint density at radius 1 is 1.38 bits per heavy atom. The van der Waals surface area contributed by atoms with Gasteiger partial charge in [-0.25, -0.2) is 4.98 Å². The number of aromatic nitrogens is 1. The Labute approximate surface area is 97.7 Å². The van der Waals surface area contributed by atoms with Crippen LogP contribution < -0.4 is 5.73 Å². The third-order valence-electron chi connectivity index (χ3n) is 2.77. The van der Waals surface area contributed by atoms with Crippen LogP contribution >= 0.6 is 0 Å². The van der Waals surface area contributed by atoms with Crippen molar-refractivity contribution in [2.75, 3.05) is 5.73 Å². The largest absolute Gasteiger partial charge is 0.393 e. The summed E-state index contributed by atoms with van der Waals surface area (Å²) in [6.45, 7) is 2.19. The van der Waals surface area contributed by atoms with E-state index in [-0.39, 0.29) is 6.10 Å². The Kier molecular flexibility index (Phi) is 5.86. The van der Waals surface area contributed by atoms with Crippen LogP contribution in [0.3, 0.4) is 0 Å². The molecule has 0 fully saturated rings. The summed E-state index contributed by atoms with van der Waals surface area (Å²) in [4.78, 5) is 4.01. The second-order valence-corrected chi connectivity index (χ2v) is 4.26. The minimum atomic E-state index is -0.289. The predicted octanol–water partition coefficient (Wildman–Crippen LogP) is 2.54. The van der Waals surface area contributed by atoms with Crippen LogP contribution in [-0.2, 0) is 6.42 Å². The molecule has 0 aromatic carbocycles. The van der Waals surface area contributed by atoms with Crippen LogP contribution in [0.5, 0.6) is 0 Å². The standard InChI is InChI=1S/C13H22N2O/c1-2-3-4-5-8-12(16)10-11-7-6-9-15-13(11)14/h6-7,9,12,16H,2-5,8,10H2,1H3,(H2,14,15). The zero-order chi connectivity index (χ0) is 11.8. The summed E-state index contributed by atoms with van der Waals surface area (Å²) in [5.74, 6) is 0.537. The molecule has 0 spiro atoms. The van der Waals surface area contributed by atoms with Crippen LogP contribution in [0.15, 0.2) is 18.3 Å². The summed E-state index contributed by atoms with van der Waals surface area (Å²) in [7, 11) is 0. The van der Waals surface area contributed by atoms with Crippen molar-refractivity contribution in [3.8, 4) is 0 Å². The van der Waals surface area contributed by atoms with Crippen molar-refractivity contribution >= 4 is 5.82 Å². The monoisotopic (exact) mass is 222 g/mol. The van der Waals surface area contributed by atoms with E-state index in [1.807, 2.05) is 12.1 Å². The fourth-order valence-corrected chi connectivity index (χ4v) is 1.79. The average Bonchev–Trinajstić information content (AvgIpc) is 2.28. The van der Waals surface area contributed by atoms with Crippen molar-refractivity contribution in [2.24, 2.45) is 0 Å². The topological polar surface area (TPSA) is 59.1 Å². The Hall–Kier alpha value is -1.09. The molecule has 1 heterocycles. The third-order valence-corrected chi connectivity index (χ3v) is 2.77. The van der Waals surface area contributed by atoms with Gasteiger partial charge in [0.1, 0.15) is 5.82 Å². The minimum absolute atomic E-state index is 0.289. The lowest BCUT2D eigenvalue weighted by Gasteiger charge is -2.11. The molecule has 3 nitrogen and oxygen atoms in total. The maximum atomic E-state index is 9.84. The molecular weight excluding hydrogens is 200 g/mol. The van der Waals surface area contributed by atoms with Crippen molar-refractivity contribution in [2.45, 2.75) is 51.6 Å². The van der Waals surface area contributed by atoms with Gasteiger partial charge in [0.2, 0.25) is 0 Å². The second kappa shape index (κ2) is 7.23. The van der Waals surface area contributed by atoms with Crippen molar-refractivity contribution in [3.63, 3.8) is 0 Å². The number of unbranched alkanes of at least 4 members (excludes halogenated alkanes) is 3. The van der Waals surface area contributed by atoms with E-state index in [1.54, 1.807) is 6.20 Å². The fraction of sp³-hybridized carbons (Fsp3) is 0.615. The van der Waals surface area contributed by atoms with E-state index >= 15 is 0 Å². The summed E-state index contributed by atoms with van der Waals surface area (Å²) < 4.78 is 0. The molecule has 0 radical (unpaired) electrons. The zero-order valence-electron chi connectivity index (χ0n) is 10.0. The van der Waals surface area contributed by atoms with Gasteiger partial charge in [-0.15, -0.1) is 0 Å². The first kappa shape index (κ1) is 13.0. The number of pyridine rings is 1. The number of aliphatic hydroxyl groups is 1. The van der Waals surface area contributed by atoms with Crippen molar-refractivity contribution in [1.29, 1.82) is 0 Å². The highest BCUT2D eigenvalue weighted by Crippen LogP contribution is 2.13. The number of aliphatic hydroxyl groups excluding tert-OH is 1. The van der Waals surface area contributed by atoms with Crippen LogP contribution in [0.4, 0.5) is 5.82 Å². The molecule has 0 aliphatic heterocycles. The molecule has 1 unspecified atom stereocenters. The number of hydrogen-bond acceptors (Lipinski definition) is 3. The fourth-order valence-electron chi connectivity index (χ4n) is 1.79. The molecule has 0 aliphatic carbocycles. The summed E-state index contributed by atoms with van der Waals surface area (Å²) in [6.07, 6.45) is 7.63. The van der Waals surface area contributed by atoms with E-state index < -0.39 is 0 Å². The van der Waals surface area contributed by atoms with Gasteiger partial charge < -0.3 is 10.8 Å². The lowest BCUT2D eigenvalue weighted by Crippen LogP contribution is -2.12. The molecule has 1 aromatic rings. The summed E-state index contributed by atoms with van der Waals surface area (Å²) in [5.41, 5.74) is 6.67. The number of nitrogens with two attached hydrogens (primary N) is 1. The molecule has 90 valence electrons. The molecule has 0 aliphatic rings. The van der Waals surface area contributed by atoms with Crippen molar-refractivity contribution in [3.05, 3.63) is 23.9 Å².